The van der Waals surface area contributed by atoms with Gasteiger partial charge in [-0.1, -0.05) is 24.3 Å². The molecule has 4 heterocycles. The van der Waals surface area contributed by atoms with E-state index in [-0.39, 0.29) is 17.9 Å². The second kappa shape index (κ2) is 11.6. The Labute approximate surface area is 218 Å². The summed E-state index contributed by atoms with van der Waals surface area (Å²) in [6, 6.07) is 14.6. The van der Waals surface area contributed by atoms with Crippen LogP contribution in [0.4, 0.5) is 5.69 Å². The molecule has 2 atom stereocenters. The minimum atomic E-state index is 0.0308. The van der Waals surface area contributed by atoms with Gasteiger partial charge in [-0.2, -0.15) is 5.10 Å². The molecule has 0 N–H and O–H groups in total. The van der Waals surface area contributed by atoms with Crippen LogP contribution in [0.2, 0.25) is 0 Å². The molecule has 37 heavy (non-hydrogen) atoms. The molecular formula is C28H35N7O2. The van der Waals surface area contributed by atoms with E-state index in [0.717, 1.165) is 42.8 Å². The van der Waals surface area contributed by atoms with E-state index < -0.39 is 0 Å². The van der Waals surface area contributed by atoms with Crippen molar-refractivity contribution < 1.29 is 9.59 Å². The van der Waals surface area contributed by atoms with Crippen molar-refractivity contribution in [2.45, 2.75) is 70.7 Å². The Morgan fingerprint density at radius 2 is 1.86 bits per heavy atom. The van der Waals surface area contributed by atoms with Gasteiger partial charge in [0.1, 0.15) is 12.7 Å². The largest absolute Gasteiger partial charge is 0.337 e. The van der Waals surface area contributed by atoms with Gasteiger partial charge < -0.3 is 9.80 Å². The summed E-state index contributed by atoms with van der Waals surface area (Å²) in [7, 11) is 0. The number of benzene rings is 1. The molecule has 5 rings (SSSR count). The van der Waals surface area contributed by atoms with Gasteiger partial charge in [-0.15, -0.1) is 0 Å². The van der Waals surface area contributed by atoms with Crippen LogP contribution in [0.15, 0.2) is 61.3 Å². The number of aryl methyl sites for hydroxylation is 1. The highest BCUT2D eigenvalue weighted by Crippen LogP contribution is 2.32. The second-order valence-corrected chi connectivity index (χ2v) is 10.0. The molecule has 2 aromatic heterocycles. The fourth-order valence-corrected chi connectivity index (χ4v) is 5.70. The highest BCUT2D eigenvalue weighted by atomic mass is 16.2. The van der Waals surface area contributed by atoms with Gasteiger partial charge in [0.2, 0.25) is 11.8 Å². The summed E-state index contributed by atoms with van der Waals surface area (Å²) >= 11 is 0. The molecule has 2 aliphatic heterocycles. The third kappa shape index (κ3) is 6.05. The van der Waals surface area contributed by atoms with Gasteiger partial charge in [0.15, 0.2) is 0 Å². The van der Waals surface area contributed by atoms with Crippen molar-refractivity contribution in [2.75, 3.05) is 18.0 Å². The summed E-state index contributed by atoms with van der Waals surface area (Å²) in [5.41, 5.74) is 2.95. The van der Waals surface area contributed by atoms with Crippen molar-refractivity contribution in [3.05, 3.63) is 72.6 Å². The van der Waals surface area contributed by atoms with Crippen LogP contribution in [0.3, 0.4) is 0 Å². The number of carbonyl (C=O) groups excluding carboxylic acids is 2. The van der Waals surface area contributed by atoms with E-state index in [1.54, 1.807) is 17.9 Å². The molecule has 0 aliphatic carbocycles. The number of amides is 2. The number of anilines is 1. The van der Waals surface area contributed by atoms with Crippen molar-refractivity contribution >= 4 is 17.5 Å². The average Bonchev–Trinajstić information content (AvgIpc) is 3.54. The summed E-state index contributed by atoms with van der Waals surface area (Å²) in [4.78, 5) is 41.4. The maximum absolute atomic E-state index is 13.6. The Morgan fingerprint density at radius 3 is 2.65 bits per heavy atom. The van der Waals surface area contributed by atoms with Crippen LogP contribution >= 0.6 is 0 Å². The first kappa shape index (κ1) is 25.1. The van der Waals surface area contributed by atoms with Gasteiger partial charge in [0.25, 0.3) is 0 Å². The topological polar surface area (TPSA) is 87.5 Å². The fraction of sp³-hybridized carbons (Fsp3) is 0.464. The molecule has 0 radical (unpaired) electrons. The summed E-state index contributed by atoms with van der Waals surface area (Å²) in [6.07, 6.45) is 9.14. The molecule has 9 nitrogen and oxygen atoms in total. The maximum Gasteiger partial charge on any atom is 0.223 e. The van der Waals surface area contributed by atoms with E-state index in [2.05, 4.69) is 26.0 Å². The molecule has 0 saturated carbocycles. The van der Waals surface area contributed by atoms with Crippen molar-refractivity contribution in [3.8, 4) is 0 Å². The van der Waals surface area contributed by atoms with Crippen LogP contribution < -0.4 is 4.90 Å². The Morgan fingerprint density at radius 1 is 1.03 bits per heavy atom. The first-order chi connectivity index (χ1) is 18.1. The lowest BCUT2D eigenvalue weighted by atomic mass is 10.1. The quantitative estimate of drug-likeness (QED) is 0.515. The first-order valence-electron chi connectivity index (χ1n) is 13.2. The minimum Gasteiger partial charge on any atom is -0.337 e. The van der Waals surface area contributed by atoms with E-state index >= 15 is 0 Å². The van der Waals surface area contributed by atoms with Crippen LogP contribution in [-0.4, -0.2) is 66.5 Å². The molecule has 1 aromatic carbocycles. The summed E-state index contributed by atoms with van der Waals surface area (Å²) < 4.78 is 1.76. The molecule has 2 bridgehead atoms. The lowest BCUT2D eigenvalue weighted by Gasteiger charge is -2.33. The standard InChI is InChI=1S/C28H35N7O2/c1-22(36)34-16-13-25-11-12-26(35(25)18-24-8-4-5-14-30-24)19-32(17-23-7-2-3-9-27(23)34)28(37)10-6-15-33-21-29-20-31-33/h2-5,7-9,14,20-21,25-26H,6,10-13,15-19H2,1H3/t25-,26+/m0/s1. The van der Waals surface area contributed by atoms with Crippen molar-refractivity contribution in [3.63, 3.8) is 0 Å². The number of nitrogens with zero attached hydrogens (tertiary/aromatic N) is 7. The zero-order chi connectivity index (χ0) is 25.6. The molecule has 194 valence electrons. The highest BCUT2D eigenvalue weighted by molar-refractivity contribution is 5.92. The number of rotatable bonds is 6. The van der Waals surface area contributed by atoms with Gasteiger partial charge in [-0.25, -0.2) is 4.98 Å². The Kier molecular flexibility index (Phi) is 7.89. The minimum absolute atomic E-state index is 0.0308. The molecule has 1 fully saturated rings. The van der Waals surface area contributed by atoms with Crippen LogP contribution in [0.1, 0.15) is 50.3 Å². The van der Waals surface area contributed by atoms with Gasteiger partial charge in [-0.05, 0) is 49.4 Å². The van der Waals surface area contributed by atoms with Crippen LogP contribution in [-0.2, 0) is 29.2 Å². The monoisotopic (exact) mass is 501 g/mol. The third-order valence-corrected chi connectivity index (χ3v) is 7.58. The zero-order valence-electron chi connectivity index (χ0n) is 21.4. The van der Waals surface area contributed by atoms with Crippen molar-refractivity contribution in [1.29, 1.82) is 0 Å². The van der Waals surface area contributed by atoms with Crippen molar-refractivity contribution in [2.24, 2.45) is 0 Å². The summed E-state index contributed by atoms with van der Waals surface area (Å²) in [5, 5.41) is 4.15. The molecule has 2 aliphatic rings. The third-order valence-electron chi connectivity index (χ3n) is 7.58. The van der Waals surface area contributed by atoms with E-state index in [9.17, 15) is 9.59 Å². The lowest BCUT2D eigenvalue weighted by Crippen LogP contribution is -2.45. The predicted octanol–water partition coefficient (Wildman–Crippen LogP) is 3.27. The van der Waals surface area contributed by atoms with Gasteiger partial charge in [0.05, 0.1) is 5.69 Å². The molecular weight excluding hydrogens is 466 g/mol. The van der Waals surface area contributed by atoms with Gasteiger partial charge >= 0.3 is 0 Å². The molecule has 1 saturated heterocycles. The van der Waals surface area contributed by atoms with Crippen molar-refractivity contribution in [1.82, 2.24) is 29.5 Å². The average molecular weight is 502 g/mol. The van der Waals surface area contributed by atoms with Gasteiger partial charge in [-0.3, -0.25) is 24.2 Å². The fourth-order valence-electron chi connectivity index (χ4n) is 5.70. The predicted molar refractivity (Wildman–Crippen MR) is 140 cm³/mol. The summed E-state index contributed by atoms with van der Waals surface area (Å²) in [6.45, 7) is 4.85. The van der Waals surface area contributed by atoms with Crippen LogP contribution in [0.5, 0.6) is 0 Å². The Balaban J connectivity index is 1.42. The zero-order valence-corrected chi connectivity index (χ0v) is 21.4. The first-order valence-corrected chi connectivity index (χ1v) is 13.2. The Bertz CT molecular complexity index is 1180. The molecule has 0 unspecified atom stereocenters. The number of carbonyl (C=O) groups is 2. The van der Waals surface area contributed by atoms with E-state index in [4.69, 9.17) is 0 Å². The molecule has 9 heteroatoms. The van der Waals surface area contributed by atoms with Gasteiger partial charge in [0, 0.05) is 70.0 Å². The summed E-state index contributed by atoms with van der Waals surface area (Å²) in [5.74, 6) is 0.160. The Hall–Kier alpha value is -3.59. The molecule has 2 amide bonds. The second-order valence-electron chi connectivity index (χ2n) is 10.0. The van der Waals surface area contributed by atoms with E-state index in [1.807, 2.05) is 52.4 Å². The van der Waals surface area contributed by atoms with E-state index in [0.29, 0.717) is 45.1 Å². The van der Waals surface area contributed by atoms with E-state index in [1.165, 1.54) is 6.33 Å². The number of fused-ring (bicyclic) bond motifs is 3. The number of hydrogen-bond acceptors (Lipinski definition) is 6. The molecule has 0 spiro atoms. The highest BCUT2D eigenvalue weighted by Gasteiger charge is 2.36. The van der Waals surface area contributed by atoms with Crippen LogP contribution in [0.25, 0.3) is 0 Å². The number of aromatic nitrogens is 4. The SMILES string of the molecule is CC(=O)N1CC[C@@H]2CC[C@H](CN(C(=O)CCCn3cncn3)Cc3ccccc31)N2Cc1ccccn1. The number of pyridine rings is 1. The number of para-hydroxylation sites is 1. The normalized spacial score (nSPS) is 20.4. The van der Waals surface area contributed by atoms with Crippen LogP contribution in [0, 0.1) is 0 Å². The number of hydrogen-bond donors (Lipinski definition) is 0. The smallest absolute Gasteiger partial charge is 0.223 e. The maximum atomic E-state index is 13.6. The lowest BCUT2D eigenvalue weighted by molar-refractivity contribution is -0.132. The molecule has 3 aromatic rings.